The molecule has 2 rings (SSSR count). The van der Waals surface area contributed by atoms with Gasteiger partial charge in [-0.1, -0.05) is 36.4 Å². The van der Waals surface area contributed by atoms with E-state index in [1.54, 1.807) is 0 Å². The fourth-order valence-corrected chi connectivity index (χ4v) is 2.50. The molecule has 2 aromatic rings. The number of hydrogen-bond acceptors (Lipinski definition) is 2. The van der Waals surface area contributed by atoms with Crippen LogP contribution >= 0.6 is 15.9 Å². The number of amides is 1. The normalized spacial score (nSPS) is 11.9. The third-order valence-electron chi connectivity index (χ3n) is 3.02. The number of hydrogen-bond donors (Lipinski definition) is 2. The molecule has 0 unspecified atom stereocenters. The molecule has 0 aliphatic carbocycles. The Morgan fingerprint density at radius 2 is 1.95 bits per heavy atom. The summed E-state index contributed by atoms with van der Waals surface area (Å²) in [7, 11) is 0. The molecule has 0 aliphatic heterocycles. The Hall–Kier alpha value is -1.65. The lowest BCUT2D eigenvalue weighted by Crippen LogP contribution is -2.37. The quantitative estimate of drug-likeness (QED) is 0.902. The summed E-state index contributed by atoms with van der Waals surface area (Å²) in [5, 5.41) is 2.85. The summed E-state index contributed by atoms with van der Waals surface area (Å²) < 4.78 is 0.859. The Labute approximate surface area is 127 Å². The van der Waals surface area contributed by atoms with E-state index in [-0.39, 0.29) is 5.91 Å². The van der Waals surface area contributed by atoms with Crippen LogP contribution in [0.4, 0.5) is 5.69 Å². The third kappa shape index (κ3) is 3.92. The van der Waals surface area contributed by atoms with Crippen molar-refractivity contribution in [3.8, 4) is 0 Å². The molecule has 0 radical (unpaired) electrons. The summed E-state index contributed by atoms with van der Waals surface area (Å²) in [5.41, 5.74) is 8.87. The fourth-order valence-electron chi connectivity index (χ4n) is 1.91. The number of aryl methyl sites for hydroxylation is 1. The van der Waals surface area contributed by atoms with Crippen molar-refractivity contribution in [2.45, 2.75) is 19.4 Å². The number of nitrogens with two attached hydrogens (primary N) is 1. The molecule has 3 nitrogen and oxygen atoms in total. The highest BCUT2D eigenvalue weighted by Crippen LogP contribution is 2.23. The fraction of sp³-hybridized carbons (Fsp3) is 0.188. The minimum atomic E-state index is -0.564. The second-order valence-electron chi connectivity index (χ2n) is 4.77. The molecule has 1 amide bonds. The summed E-state index contributed by atoms with van der Waals surface area (Å²) >= 11 is 3.44. The molecular weight excluding hydrogens is 316 g/mol. The third-order valence-corrected chi connectivity index (χ3v) is 3.67. The maximum atomic E-state index is 12.1. The number of rotatable bonds is 4. The van der Waals surface area contributed by atoms with Gasteiger partial charge in [0.25, 0.3) is 0 Å². The van der Waals surface area contributed by atoms with E-state index in [0.29, 0.717) is 6.42 Å². The molecule has 0 fully saturated rings. The molecule has 0 heterocycles. The van der Waals surface area contributed by atoms with E-state index in [9.17, 15) is 4.79 Å². The van der Waals surface area contributed by atoms with Crippen molar-refractivity contribution < 1.29 is 4.79 Å². The second-order valence-corrected chi connectivity index (χ2v) is 5.62. The van der Waals surface area contributed by atoms with Crippen LogP contribution in [0, 0.1) is 6.92 Å². The van der Waals surface area contributed by atoms with Gasteiger partial charge in [0.1, 0.15) is 0 Å². The SMILES string of the molecule is Cc1ccc(NC(=O)[C@H](N)Cc2ccccc2)c(Br)c1. The van der Waals surface area contributed by atoms with Gasteiger partial charge in [0.2, 0.25) is 5.91 Å². The highest BCUT2D eigenvalue weighted by atomic mass is 79.9. The van der Waals surface area contributed by atoms with Crippen LogP contribution in [0.5, 0.6) is 0 Å². The van der Waals surface area contributed by atoms with Gasteiger partial charge in [0, 0.05) is 4.47 Å². The topological polar surface area (TPSA) is 55.1 Å². The molecule has 0 spiro atoms. The van der Waals surface area contributed by atoms with Crippen molar-refractivity contribution in [3.05, 3.63) is 64.1 Å². The predicted molar refractivity (Wildman–Crippen MR) is 85.6 cm³/mol. The average Bonchev–Trinajstić information content (AvgIpc) is 2.43. The highest BCUT2D eigenvalue weighted by molar-refractivity contribution is 9.10. The van der Waals surface area contributed by atoms with Crippen LogP contribution in [0.25, 0.3) is 0 Å². The average molecular weight is 333 g/mol. The Morgan fingerprint density at radius 1 is 1.25 bits per heavy atom. The molecule has 4 heteroatoms. The lowest BCUT2D eigenvalue weighted by molar-refractivity contribution is -0.117. The van der Waals surface area contributed by atoms with Crippen LogP contribution in [0.3, 0.4) is 0 Å². The number of carbonyl (C=O) groups is 1. The van der Waals surface area contributed by atoms with E-state index >= 15 is 0 Å². The minimum Gasteiger partial charge on any atom is -0.324 e. The first-order valence-electron chi connectivity index (χ1n) is 6.43. The molecule has 0 aromatic heterocycles. The molecule has 2 aromatic carbocycles. The van der Waals surface area contributed by atoms with Gasteiger partial charge in [0.05, 0.1) is 11.7 Å². The van der Waals surface area contributed by atoms with Crippen molar-refractivity contribution in [1.82, 2.24) is 0 Å². The molecule has 3 N–H and O–H groups in total. The lowest BCUT2D eigenvalue weighted by Gasteiger charge is -2.13. The van der Waals surface area contributed by atoms with Crippen LogP contribution in [-0.2, 0) is 11.2 Å². The summed E-state index contributed by atoms with van der Waals surface area (Å²) in [6.45, 7) is 2.00. The Morgan fingerprint density at radius 3 is 2.60 bits per heavy atom. The second kappa shape index (κ2) is 6.68. The van der Waals surface area contributed by atoms with Crippen LogP contribution in [0.1, 0.15) is 11.1 Å². The van der Waals surface area contributed by atoms with Gasteiger partial charge in [-0.05, 0) is 52.5 Å². The maximum absolute atomic E-state index is 12.1. The number of carbonyl (C=O) groups excluding carboxylic acids is 1. The smallest absolute Gasteiger partial charge is 0.241 e. The van der Waals surface area contributed by atoms with Crippen LogP contribution < -0.4 is 11.1 Å². The zero-order valence-corrected chi connectivity index (χ0v) is 12.9. The molecule has 20 heavy (non-hydrogen) atoms. The number of halogens is 1. The standard InChI is InChI=1S/C16H17BrN2O/c1-11-7-8-15(13(17)9-11)19-16(20)14(18)10-12-5-3-2-4-6-12/h2-9,14H,10,18H2,1H3,(H,19,20)/t14-/m1/s1. The Balaban J connectivity index is 2.01. The van der Waals surface area contributed by atoms with Gasteiger partial charge in [-0.3, -0.25) is 4.79 Å². The van der Waals surface area contributed by atoms with Crippen LogP contribution in [0.15, 0.2) is 53.0 Å². The van der Waals surface area contributed by atoms with Crippen molar-refractivity contribution in [3.63, 3.8) is 0 Å². The van der Waals surface area contributed by atoms with Gasteiger partial charge < -0.3 is 11.1 Å². The van der Waals surface area contributed by atoms with Crippen molar-refractivity contribution in [2.75, 3.05) is 5.32 Å². The van der Waals surface area contributed by atoms with E-state index in [4.69, 9.17) is 5.73 Å². The van der Waals surface area contributed by atoms with Gasteiger partial charge >= 0.3 is 0 Å². The molecule has 0 saturated carbocycles. The summed E-state index contributed by atoms with van der Waals surface area (Å²) in [6.07, 6.45) is 0.524. The van der Waals surface area contributed by atoms with Gasteiger partial charge in [0.15, 0.2) is 0 Å². The van der Waals surface area contributed by atoms with Crippen molar-refractivity contribution >= 4 is 27.5 Å². The molecular formula is C16H17BrN2O. The van der Waals surface area contributed by atoms with Gasteiger partial charge in [-0.15, -0.1) is 0 Å². The van der Waals surface area contributed by atoms with Crippen molar-refractivity contribution in [1.29, 1.82) is 0 Å². The molecule has 104 valence electrons. The van der Waals surface area contributed by atoms with Gasteiger partial charge in [-0.2, -0.15) is 0 Å². The number of anilines is 1. The lowest BCUT2D eigenvalue weighted by atomic mass is 10.1. The van der Waals surface area contributed by atoms with E-state index < -0.39 is 6.04 Å². The van der Waals surface area contributed by atoms with E-state index in [0.717, 1.165) is 21.3 Å². The van der Waals surface area contributed by atoms with E-state index in [1.165, 1.54) is 0 Å². The summed E-state index contributed by atoms with van der Waals surface area (Å²) in [5.74, 6) is -0.182. The summed E-state index contributed by atoms with van der Waals surface area (Å²) in [4.78, 5) is 12.1. The molecule has 0 bridgehead atoms. The van der Waals surface area contributed by atoms with Crippen LogP contribution in [-0.4, -0.2) is 11.9 Å². The molecule has 0 saturated heterocycles. The molecule has 0 aliphatic rings. The Kier molecular flexibility index (Phi) is 4.93. The van der Waals surface area contributed by atoms with E-state index in [1.807, 2.05) is 55.5 Å². The number of benzene rings is 2. The van der Waals surface area contributed by atoms with Crippen molar-refractivity contribution in [2.24, 2.45) is 5.73 Å². The molecule has 1 atom stereocenters. The predicted octanol–water partition coefficient (Wildman–Crippen LogP) is 3.27. The first-order chi connectivity index (χ1) is 9.56. The maximum Gasteiger partial charge on any atom is 0.241 e. The highest BCUT2D eigenvalue weighted by Gasteiger charge is 2.15. The first kappa shape index (κ1) is 14.8. The Bertz CT molecular complexity index is 599. The van der Waals surface area contributed by atoms with Gasteiger partial charge in [-0.25, -0.2) is 0 Å². The minimum absolute atomic E-state index is 0.182. The van der Waals surface area contributed by atoms with Crippen LogP contribution in [0.2, 0.25) is 0 Å². The monoisotopic (exact) mass is 332 g/mol. The van der Waals surface area contributed by atoms with E-state index in [2.05, 4.69) is 21.2 Å². The first-order valence-corrected chi connectivity index (χ1v) is 7.22. The zero-order chi connectivity index (χ0) is 14.5. The largest absolute Gasteiger partial charge is 0.324 e. The zero-order valence-electron chi connectivity index (χ0n) is 11.3. The number of nitrogens with one attached hydrogen (secondary N) is 1. The summed E-state index contributed by atoms with van der Waals surface area (Å²) in [6, 6.07) is 15.0.